The van der Waals surface area contributed by atoms with E-state index in [9.17, 15) is 9.90 Å². The molecular formula is C21H34O2. The van der Waals surface area contributed by atoms with Crippen molar-refractivity contribution >= 4 is 5.78 Å². The molecule has 0 aromatic rings. The van der Waals surface area contributed by atoms with Gasteiger partial charge in [-0.05, 0) is 99.1 Å². The number of rotatable bonds is 1. The fourth-order valence-corrected chi connectivity index (χ4v) is 7.42. The van der Waals surface area contributed by atoms with Gasteiger partial charge in [-0.2, -0.15) is 0 Å². The maximum atomic E-state index is 12.8. The lowest BCUT2D eigenvalue weighted by Gasteiger charge is -2.60. The molecule has 4 aliphatic rings. The third-order valence-electron chi connectivity index (χ3n) is 8.70. The average molecular weight is 323 g/mol. The molecule has 2 heteroatoms. The van der Waals surface area contributed by atoms with E-state index < -0.39 is 23.9 Å². The lowest BCUT2D eigenvalue weighted by atomic mass is 9.44. The van der Waals surface area contributed by atoms with Crippen LogP contribution in [0.15, 0.2) is 0 Å². The molecule has 0 aromatic heterocycles. The van der Waals surface area contributed by atoms with Crippen LogP contribution in [0, 0.1) is 40.4 Å². The van der Waals surface area contributed by atoms with E-state index in [0.29, 0.717) is 24.2 Å². The number of aliphatic hydroxyl groups is 1. The summed E-state index contributed by atoms with van der Waals surface area (Å²) in [5, 5.41) is 10.1. The molecule has 0 bridgehead atoms. The standard InChI is InChI=1S/C21H34O2/c1-13(22)17-6-7-18-16-5-4-14-12-15(23)8-10-20(14,2)19(16)9-11-21(17,18)3/h14-19,23H,4-12H2,1-3H3/t14-,15-,16?,17+,18?,19?,20-,21+/m0/s1/i1D3,17D. The van der Waals surface area contributed by atoms with Crippen molar-refractivity contribution in [3.05, 3.63) is 0 Å². The molecule has 3 unspecified atom stereocenters. The molecule has 1 N–H and O–H groups in total. The second kappa shape index (κ2) is 5.31. The minimum atomic E-state index is -2.68. The average Bonchev–Trinajstić information content (AvgIpc) is 2.86. The van der Waals surface area contributed by atoms with Gasteiger partial charge >= 0.3 is 0 Å². The summed E-state index contributed by atoms with van der Waals surface area (Å²) < 4.78 is 31.8. The van der Waals surface area contributed by atoms with E-state index in [4.69, 9.17) is 5.48 Å². The molecule has 4 fully saturated rings. The zero-order valence-electron chi connectivity index (χ0n) is 18.6. The quantitative estimate of drug-likeness (QED) is 0.766. The van der Waals surface area contributed by atoms with Crippen LogP contribution >= 0.6 is 0 Å². The Kier molecular flexibility index (Phi) is 2.79. The van der Waals surface area contributed by atoms with Crippen LogP contribution in [0.2, 0.25) is 0 Å². The molecule has 4 aliphatic carbocycles. The number of fused-ring (bicyclic) bond motifs is 5. The Hall–Kier alpha value is -0.370. The maximum absolute atomic E-state index is 12.8. The summed E-state index contributed by atoms with van der Waals surface area (Å²) >= 11 is 0. The van der Waals surface area contributed by atoms with Crippen molar-refractivity contribution < 1.29 is 15.4 Å². The molecule has 0 amide bonds. The lowest BCUT2D eigenvalue weighted by Crippen LogP contribution is -2.54. The smallest absolute Gasteiger partial charge is 0.133 e. The highest BCUT2D eigenvalue weighted by Gasteiger charge is 2.60. The summed E-state index contributed by atoms with van der Waals surface area (Å²) in [4.78, 5) is 12.8. The van der Waals surface area contributed by atoms with Crippen LogP contribution in [0.4, 0.5) is 0 Å². The number of hydrogen-bond acceptors (Lipinski definition) is 2. The number of carbonyl (C=O) groups is 1. The van der Waals surface area contributed by atoms with Gasteiger partial charge in [0, 0.05) is 11.4 Å². The van der Waals surface area contributed by atoms with Crippen LogP contribution in [0.3, 0.4) is 0 Å². The minimum absolute atomic E-state index is 0.155. The zero-order chi connectivity index (χ0) is 19.8. The van der Waals surface area contributed by atoms with Crippen LogP contribution in [0.25, 0.3) is 0 Å². The first-order chi connectivity index (χ1) is 12.4. The Balaban J connectivity index is 1.64. The number of hydrogen-bond donors (Lipinski definition) is 1. The third-order valence-corrected chi connectivity index (χ3v) is 8.70. The first-order valence-electron chi connectivity index (χ1n) is 11.7. The third kappa shape index (κ3) is 2.19. The molecule has 4 saturated carbocycles. The molecule has 4 rings (SSSR count). The molecule has 2 nitrogen and oxygen atoms in total. The van der Waals surface area contributed by atoms with Crippen LogP contribution in [-0.4, -0.2) is 17.0 Å². The molecule has 0 heterocycles. The number of ketones is 1. The van der Waals surface area contributed by atoms with Crippen LogP contribution in [0.1, 0.15) is 84.0 Å². The SMILES string of the molecule is [2H]C([2H])([2H])C(=O)[C@@]1([2H])CCC2C3CC[C@H]4C[C@@H](O)CC[C@]4(C)C3CC[C@@]21C. The van der Waals surface area contributed by atoms with Gasteiger partial charge < -0.3 is 5.11 Å². The highest BCUT2D eigenvalue weighted by Crippen LogP contribution is 2.67. The van der Waals surface area contributed by atoms with E-state index in [-0.39, 0.29) is 17.4 Å². The van der Waals surface area contributed by atoms with Gasteiger partial charge in [0.05, 0.1) is 6.10 Å². The molecule has 8 atom stereocenters. The van der Waals surface area contributed by atoms with Gasteiger partial charge in [0.15, 0.2) is 0 Å². The van der Waals surface area contributed by atoms with Gasteiger partial charge in [-0.3, -0.25) is 4.79 Å². The lowest BCUT2D eigenvalue weighted by molar-refractivity contribution is -0.138. The summed E-state index contributed by atoms with van der Waals surface area (Å²) in [5.41, 5.74) is -0.262. The van der Waals surface area contributed by atoms with Gasteiger partial charge in [0.2, 0.25) is 0 Å². The summed E-state index contributed by atoms with van der Waals surface area (Å²) in [6.07, 6.45) is 7.95. The first-order valence-corrected chi connectivity index (χ1v) is 9.66. The maximum Gasteiger partial charge on any atom is 0.133 e. The van der Waals surface area contributed by atoms with E-state index in [1.165, 1.54) is 0 Å². The normalized spacial score (nSPS) is 62.0. The highest BCUT2D eigenvalue weighted by molar-refractivity contribution is 5.79. The number of Topliss-reactive ketones (excluding diaryl/α,β-unsaturated/α-hetero) is 1. The monoisotopic (exact) mass is 322 g/mol. The van der Waals surface area contributed by atoms with Crippen molar-refractivity contribution in [2.24, 2.45) is 40.4 Å². The van der Waals surface area contributed by atoms with Gasteiger partial charge in [0.25, 0.3) is 0 Å². The highest BCUT2D eigenvalue weighted by atomic mass is 16.3. The van der Waals surface area contributed by atoms with Gasteiger partial charge in [0.1, 0.15) is 5.78 Å². The van der Waals surface area contributed by atoms with E-state index in [2.05, 4.69) is 6.92 Å². The van der Waals surface area contributed by atoms with Gasteiger partial charge in [-0.1, -0.05) is 13.8 Å². The molecule has 0 spiro atoms. The molecule has 0 saturated heterocycles. The Morgan fingerprint density at radius 2 is 1.78 bits per heavy atom. The van der Waals surface area contributed by atoms with Crippen molar-refractivity contribution in [2.75, 3.05) is 0 Å². The Bertz CT molecular complexity index is 634. The Morgan fingerprint density at radius 3 is 2.57 bits per heavy atom. The van der Waals surface area contributed by atoms with E-state index in [1.54, 1.807) is 0 Å². The largest absolute Gasteiger partial charge is 0.393 e. The zero-order valence-corrected chi connectivity index (χ0v) is 14.6. The van der Waals surface area contributed by atoms with Crippen molar-refractivity contribution in [2.45, 2.75) is 84.6 Å². The van der Waals surface area contributed by atoms with Crippen molar-refractivity contribution in [3.63, 3.8) is 0 Å². The minimum Gasteiger partial charge on any atom is -0.393 e. The van der Waals surface area contributed by atoms with Crippen LogP contribution < -0.4 is 0 Å². The fraction of sp³-hybridized carbons (Fsp3) is 0.952. The van der Waals surface area contributed by atoms with Crippen LogP contribution in [0.5, 0.6) is 0 Å². The molecule has 0 aliphatic heterocycles. The first kappa shape index (κ1) is 12.1. The fourth-order valence-electron chi connectivity index (χ4n) is 7.42. The van der Waals surface area contributed by atoms with E-state index >= 15 is 0 Å². The van der Waals surface area contributed by atoms with Crippen molar-refractivity contribution in [3.8, 4) is 0 Å². The van der Waals surface area contributed by atoms with Gasteiger partial charge in [-0.25, -0.2) is 0 Å². The van der Waals surface area contributed by atoms with Gasteiger partial charge in [-0.15, -0.1) is 0 Å². The molecule has 0 radical (unpaired) electrons. The summed E-state index contributed by atoms with van der Waals surface area (Å²) in [6, 6.07) is 0. The molecule has 23 heavy (non-hydrogen) atoms. The Labute approximate surface area is 147 Å². The molecular weight excluding hydrogens is 284 g/mol. The molecule has 130 valence electrons. The summed E-state index contributed by atoms with van der Waals surface area (Å²) in [7, 11) is 0. The topological polar surface area (TPSA) is 37.3 Å². The predicted octanol–water partition coefficient (Wildman–Crippen LogP) is 4.60. The second-order valence-electron chi connectivity index (χ2n) is 9.39. The number of aliphatic hydroxyl groups excluding tert-OH is 1. The predicted molar refractivity (Wildman–Crippen MR) is 91.9 cm³/mol. The Morgan fingerprint density at radius 1 is 1.04 bits per heavy atom. The van der Waals surface area contributed by atoms with Crippen LogP contribution in [-0.2, 0) is 4.79 Å². The van der Waals surface area contributed by atoms with Crippen molar-refractivity contribution in [1.82, 2.24) is 0 Å². The molecule has 0 aromatic carbocycles. The number of carbonyl (C=O) groups excluding carboxylic acids is 1. The summed E-state index contributed by atoms with van der Waals surface area (Å²) in [6.45, 7) is 1.77. The van der Waals surface area contributed by atoms with E-state index in [0.717, 1.165) is 51.4 Å². The second-order valence-corrected chi connectivity index (χ2v) is 9.39. The van der Waals surface area contributed by atoms with Crippen molar-refractivity contribution in [1.29, 1.82) is 0 Å². The van der Waals surface area contributed by atoms with E-state index in [1.807, 2.05) is 6.92 Å². The summed E-state index contributed by atoms with van der Waals surface area (Å²) in [5.74, 6) is -0.347.